The Hall–Kier alpha value is -1.43. The topological polar surface area (TPSA) is 55.8 Å². The van der Waals surface area contributed by atoms with Gasteiger partial charge in [0.2, 0.25) is 5.91 Å². The molecule has 0 unspecified atom stereocenters. The number of rotatable bonds is 7. The Morgan fingerprint density at radius 2 is 1.74 bits per heavy atom. The number of β-amino-alcohol motifs (C(OH)–C–C–N with tert-alkyl or cyclic N) is 1. The van der Waals surface area contributed by atoms with E-state index >= 15 is 0 Å². The highest BCUT2D eigenvalue weighted by Gasteiger charge is 2.18. The van der Waals surface area contributed by atoms with Crippen molar-refractivity contribution in [1.29, 1.82) is 0 Å². The molecule has 1 aliphatic heterocycles. The number of aliphatic hydroxyl groups is 1. The molecular formula is C18H29N3O2. The van der Waals surface area contributed by atoms with E-state index in [9.17, 15) is 9.90 Å². The molecule has 1 fully saturated rings. The molecule has 0 bridgehead atoms. The molecule has 1 aromatic rings. The number of aliphatic hydroxyl groups excluding tert-OH is 1. The van der Waals surface area contributed by atoms with Crippen molar-refractivity contribution in [1.82, 2.24) is 15.1 Å². The summed E-state index contributed by atoms with van der Waals surface area (Å²) in [5, 5.41) is 12.5. The Kier molecular flexibility index (Phi) is 7.02. The highest BCUT2D eigenvalue weighted by atomic mass is 16.3. The first-order chi connectivity index (χ1) is 11.0. The lowest BCUT2D eigenvalue weighted by molar-refractivity contribution is -0.122. The Morgan fingerprint density at radius 1 is 1.13 bits per heavy atom. The van der Waals surface area contributed by atoms with E-state index in [2.05, 4.69) is 15.1 Å². The van der Waals surface area contributed by atoms with Gasteiger partial charge in [-0.05, 0) is 19.4 Å². The monoisotopic (exact) mass is 319 g/mol. The molecule has 0 aromatic heterocycles. The van der Waals surface area contributed by atoms with E-state index in [-0.39, 0.29) is 18.1 Å². The van der Waals surface area contributed by atoms with E-state index < -0.39 is 0 Å². The molecule has 128 valence electrons. The van der Waals surface area contributed by atoms with Crippen LogP contribution in [0.1, 0.15) is 31.9 Å². The van der Waals surface area contributed by atoms with Crippen molar-refractivity contribution < 1.29 is 9.90 Å². The summed E-state index contributed by atoms with van der Waals surface area (Å²) in [6.07, 6.45) is 0.264. The molecular weight excluding hydrogens is 290 g/mol. The molecule has 0 aliphatic carbocycles. The second-order valence-electron chi connectivity index (χ2n) is 6.44. The maximum absolute atomic E-state index is 12.1. The maximum Gasteiger partial charge on any atom is 0.221 e. The van der Waals surface area contributed by atoms with Crippen molar-refractivity contribution >= 4 is 5.91 Å². The molecule has 1 amide bonds. The third-order valence-electron chi connectivity index (χ3n) is 4.32. The van der Waals surface area contributed by atoms with E-state index in [1.165, 1.54) is 0 Å². The van der Waals surface area contributed by atoms with E-state index in [4.69, 9.17) is 0 Å². The maximum atomic E-state index is 12.1. The van der Waals surface area contributed by atoms with Gasteiger partial charge in [0.1, 0.15) is 0 Å². The lowest BCUT2D eigenvalue weighted by Crippen LogP contribution is -2.48. The fourth-order valence-electron chi connectivity index (χ4n) is 2.97. The first-order valence-electron chi connectivity index (χ1n) is 8.51. The zero-order chi connectivity index (χ0) is 16.7. The second-order valence-corrected chi connectivity index (χ2v) is 6.44. The summed E-state index contributed by atoms with van der Waals surface area (Å²) in [6.45, 7) is 9.24. The van der Waals surface area contributed by atoms with E-state index in [0.717, 1.165) is 44.8 Å². The molecule has 0 saturated carbocycles. The van der Waals surface area contributed by atoms with Crippen LogP contribution in [0.3, 0.4) is 0 Å². The van der Waals surface area contributed by atoms with Crippen LogP contribution in [0.25, 0.3) is 0 Å². The van der Waals surface area contributed by atoms with Crippen molar-refractivity contribution in [2.24, 2.45) is 0 Å². The summed E-state index contributed by atoms with van der Waals surface area (Å²) in [5.74, 6) is 0.104. The molecule has 1 aliphatic rings. The van der Waals surface area contributed by atoms with Crippen molar-refractivity contribution in [3.05, 3.63) is 35.9 Å². The molecule has 5 nitrogen and oxygen atoms in total. The molecule has 1 aromatic carbocycles. The van der Waals surface area contributed by atoms with Crippen LogP contribution < -0.4 is 5.32 Å². The first kappa shape index (κ1) is 17.9. The number of carbonyl (C=O) groups is 1. The number of hydrogen-bond donors (Lipinski definition) is 2. The SMILES string of the molecule is C[C@H](NC(=O)CCN1CCN(C[C@@H](C)O)CC1)c1ccccc1. The molecule has 23 heavy (non-hydrogen) atoms. The first-order valence-corrected chi connectivity index (χ1v) is 8.51. The van der Waals surface area contributed by atoms with Crippen LogP contribution in [0.2, 0.25) is 0 Å². The van der Waals surface area contributed by atoms with Gasteiger partial charge in [0.25, 0.3) is 0 Å². The number of carbonyl (C=O) groups excluding carboxylic acids is 1. The highest BCUT2D eigenvalue weighted by molar-refractivity contribution is 5.76. The van der Waals surface area contributed by atoms with Crippen molar-refractivity contribution in [2.75, 3.05) is 39.3 Å². The van der Waals surface area contributed by atoms with Gasteiger partial charge in [0, 0.05) is 45.7 Å². The van der Waals surface area contributed by atoms with Crippen LogP contribution in [0.4, 0.5) is 0 Å². The minimum absolute atomic E-state index is 0.0478. The van der Waals surface area contributed by atoms with Crippen LogP contribution >= 0.6 is 0 Å². The number of amides is 1. The second kappa shape index (κ2) is 9.01. The lowest BCUT2D eigenvalue weighted by Gasteiger charge is -2.35. The van der Waals surface area contributed by atoms with Gasteiger partial charge in [-0.1, -0.05) is 30.3 Å². The van der Waals surface area contributed by atoms with Crippen LogP contribution in [0.5, 0.6) is 0 Å². The summed E-state index contributed by atoms with van der Waals surface area (Å²) in [4.78, 5) is 16.7. The largest absolute Gasteiger partial charge is 0.392 e. The van der Waals surface area contributed by atoms with Gasteiger partial charge in [-0.2, -0.15) is 0 Å². The van der Waals surface area contributed by atoms with E-state index in [1.807, 2.05) is 44.2 Å². The van der Waals surface area contributed by atoms with Crippen molar-refractivity contribution in [3.63, 3.8) is 0 Å². The molecule has 0 radical (unpaired) electrons. The molecule has 5 heteroatoms. The third-order valence-corrected chi connectivity index (χ3v) is 4.32. The molecule has 2 atom stereocenters. The van der Waals surface area contributed by atoms with Gasteiger partial charge >= 0.3 is 0 Å². The molecule has 0 spiro atoms. The Labute approximate surface area is 139 Å². The number of nitrogens with zero attached hydrogens (tertiary/aromatic N) is 2. The third kappa shape index (κ3) is 6.29. The lowest BCUT2D eigenvalue weighted by atomic mass is 10.1. The van der Waals surface area contributed by atoms with Gasteiger partial charge in [-0.15, -0.1) is 0 Å². The fraction of sp³-hybridized carbons (Fsp3) is 0.611. The molecule has 2 rings (SSSR count). The predicted molar refractivity (Wildman–Crippen MR) is 92.2 cm³/mol. The van der Waals surface area contributed by atoms with E-state index in [1.54, 1.807) is 0 Å². The number of nitrogens with one attached hydrogen (secondary N) is 1. The zero-order valence-electron chi connectivity index (χ0n) is 14.2. The smallest absolute Gasteiger partial charge is 0.221 e. The molecule has 2 N–H and O–H groups in total. The summed E-state index contributed by atoms with van der Waals surface area (Å²) < 4.78 is 0. The number of piperazine rings is 1. The minimum atomic E-state index is -0.271. The van der Waals surface area contributed by atoms with Crippen LogP contribution in [0.15, 0.2) is 30.3 Å². The summed E-state index contributed by atoms with van der Waals surface area (Å²) in [6, 6.07) is 10.1. The number of hydrogen-bond acceptors (Lipinski definition) is 4. The van der Waals surface area contributed by atoms with Crippen LogP contribution in [-0.4, -0.2) is 66.2 Å². The normalized spacial score (nSPS) is 19.3. The fourth-order valence-corrected chi connectivity index (χ4v) is 2.97. The van der Waals surface area contributed by atoms with Crippen LogP contribution in [-0.2, 0) is 4.79 Å². The van der Waals surface area contributed by atoms with Crippen molar-refractivity contribution in [3.8, 4) is 0 Å². The van der Waals surface area contributed by atoms with E-state index in [0.29, 0.717) is 6.42 Å². The Balaban J connectivity index is 1.65. The van der Waals surface area contributed by atoms with Gasteiger partial charge in [-0.25, -0.2) is 0 Å². The minimum Gasteiger partial charge on any atom is -0.392 e. The summed E-state index contributed by atoms with van der Waals surface area (Å²) >= 11 is 0. The van der Waals surface area contributed by atoms with Gasteiger partial charge in [0.15, 0.2) is 0 Å². The highest BCUT2D eigenvalue weighted by Crippen LogP contribution is 2.11. The quantitative estimate of drug-likeness (QED) is 0.794. The molecule has 1 heterocycles. The van der Waals surface area contributed by atoms with Gasteiger partial charge in [0.05, 0.1) is 12.1 Å². The number of benzene rings is 1. The standard InChI is InChI=1S/C18H29N3O2/c1-15(22)14-21-12-10-20(11-13-21)9-8-18(23)19-16(2)17-6-4-3-5-7-17/h3-7,15-16,22H,8-14H2,1-2H3,(H,19,23)/t15-,16+/m1/s1. The summed E-state index contributed by atoms with van der Waals surface area (Å²) in [5.41, 5.74) is 1.13. The Morgan fingerprint density at radius 3 is 2.35 bits per heavy atom. The zero-order valence-corrected chi connectivity index (χ0v) is 14.2. The average Bonchev–Trinajstić information content (AvgIpc) is 2.54. The van der Waals surface area contributed by atoms with Gasteiger partial charge < -0.3 is 15.3 Å². The van der Waals surface area contributed by atoms with Gasteiger partial charge in [-0.3, -0.25) is 9.69 Å². The predicted octanol–water partition coefficient (Wildman–Crippen LogP) is 1.25. The Bertz CT molecular complexity index is 470. The van der Waals surface area contributed by atoms with Crippen LogP contribution in [0, 0.1) is 0 Å². The summed E-state index contributed by atoms with van der Waals surface area (Å²) in [7, 11) is 0. The average molecular weight is 319 g/mol. The van der Waals surface area contributed by atoms with Crippen molar-refractivity contribution in [2.45, 2.75) is 32.4 Å². The molecule has 1 saturated heterocycles.